The molecule has 0 saturated carbocycles. The summed E-state index contributed by atoms with van der Waals surface area (Å²) in [6.45, 7) is 11.8. The van der Waals surface area contributed by atoms with Gasteiger partial charge in [-0.15, -0.1) is 0 Å². The number of nitrogens with one attached hydrogen (secondary N) is 1. The summed E-state index contributed by atoms with van der Waals surface area (Å²) >= 11 is 0. The predicted molar refractivity (Wildman–Crippen MR) is 51.2 cm³/mol. The molecule has 1 rings (SSSR count). The molecule has 0 spiro atoms. The standard InChI is InChI=1S/C10H21NO/c1-8(2)9(3)5-12-10(4)6-11-7-10/h8-9,11H,5-7H2,1-4H3. The van der Waals surface area contributed by atoms with E-state index >= 15 is 0 Å². The first-order chi connectivity index (χ1) is 5.53. The zero-order valence-electron chi connectivity index (χ0n) is 8.68. The summed E-state index contributed by atoms with van der Waals surface area (Å²) in [5, 5.41) is 3.23. The lowest BCUT2D eigenvalue weighted by atomic mass is 9.97. The van der Waals surface area contributed by atoms with Crippen LogP contribution in [-0.4, -0.2) is 25.3 Å². The highest BCUT2D eigenvalue weighted by Gasteiger charge is 2.32. The molecule has 0 aromatic carbocycles. The van der Waals surface area contributed by atoms with E-state index in [2.05, 4.69) is 33.0 Å². The molecule has 12 heavy (non-hydrogen) atoms. The minimum atomic E-state index is 0.128. The normalized spacial score (nSPS) is 23.8. The molecular formula is C10H21NO. The van der Waals surface area contributed by atoms with E-state index in [1.165, 1.54) is 0 Å². The van der Waals surface area contributed by atoms with Crippen LogP contribution in [0.1, 0.15) is 27.7 Å². The maximum Gasteiger partial charge on any atom is 0.0901 e. The third kappa shape index (κ3) is 2.46. The van der Waals surface area contributed by atoms with Crippen molar-refractivity contribution >= 4 is 0 Å². The van der Waals surface area contributed by atoms with Crippen LogP contribution in [0.2, 0.25) is 0 Å². The van der Waals surface area contributed by atoms with Gasteiger partial charge in [-0.05, 0) is 18.8 Å². The van der Waals surface area contributed by atoms with E-state index in [4.69, 9.17) is 4.74 Å². The number of hydrogen-bond donors (Lipinski definition) is 1. The van der Waals surface area contributed by atoms with Crippen LogP contribution in [0.5, 0.6) is 0 Å². The maximum atomic E-state index is 5.83. The molecule has 1 aliphatic rings. The predicted octanol–water partition coefficient (Wildman–Crippen LogP) is 1.66. The van der Waals surface area contributed by atoms with Crippen molar-refractivity contribution in [2.75, 3.05) is 19.7 Å². The Morgan fingerprint density at radius 1 is 1.33 bits per heavy atom. The van der Waals surface area contributed by atoms with Gasteiger partial charge in [0.1, 0.15) is 0 Å². The van der Waals surface area contributed by atoms with Gasteiger partial charge in [0.25, 0.3) is 0 Å². The van der Waals surface area contributed by atoms with Crippen LogP contribution in [0.4, 0.5) is 0 Å². The van der Waals surface area contributed by atoms with Gasteiger partial charge < -0.3 is 10.1 Å². The first-order valence-electron chi connectivity index (χ1n) is 4.88. The fourth-order valence-electron chi connectivity index (χ4n) is 1.10. The summed E-state index contributed by atoms with van der Waals surface area (Å²) in [4.78, 5) is 0. The van der Waals surface area contributed by atoms with Gasteiger partial charge in [0.05, 0.1) is 12.2 Å². The Balaban J connectivity index is 2.16. The first kappa shape index (κ1) is 10.0. The quantitative estimate of drug-likeness (QED) is 0.694. The summed E-state index contributed by atoms with van der Waals surface area (Å²) in [6, 6.07) is 0. The average molecular weight is 171 g/mol. The minimum Gasteiger partial charge on any atom is -0.372 e. The van der Waals surface area contributed by atoms with Gasteiger partial charge in [0, 0.05) is 13.1 Å². The topological polar surface area (TPSA) is 21.3 Å². The van der Waals surface area contributed by atoms with Crippen molar-refractivity contribution in [1.29, 1.82) is 0 Å². The van der Waals surface area contributed by atoms with Crippen molar-refractivity contribution in [2.45, 2.75) is 33.3 Å². The number of rotatable bonds is 4. The first-order valence-corrected chi connectivity index (χ1v) is 4.88. The van der Waals surface area contributed by atoms with Crippen LogP contribution in [0, 0.1) is 11.8 Å². The molecule has 1 fully saturated rings. The van der Waals surface area contributed by atoms with Gasteiger partial charge in [-0.3, -0.25) is 0 Å². The lowest BCUT2D eigenvalue weighted by Crippen LogP contribution is -2.59. The largest absolute Gasteiger partial charge is 0.372 e. The lowest BCUT2D eigenvalue weighted by Gasteiger charge is -2.40. The zero-order valence-corrected chi connectivity index (χ0v) is 8.68. The Morgan fingerprint density at radius 2 is 1.92 bits per heavy atom. The lowest BCUT2D eigenvalue weighted by molar-refractivity contribution is -0.0824. The minimum absolute atomic E-state index is 0.128. The molecular weight excluding hydrogens is 150 g/mol. The third-order valence-corrected chi connectivity index (χ3v) is 2.83. The highest BCUT2D eigenvalue weighted by atomic mass is 16.5. The molecule has 1 unspecified atom stereocenters. The Bertz CT molecular complexity index is 141. The van der Waals surface area contributed by atoms with Gasteiger partial charge in [0.2, 0.25) is 0 Å². The second-order valence-corrected chi connectivity index (χ2v) is 4.59. The molecule has 72 valence electrons. The Hall–Kier alpha value is -0.0800. The molecule has 0 amide bonds. The molecule has 1 atom stereocenters. The Labute approximate surface area is 75.7 Å². The van der Waals surface area contributed by atoms with Crippen molar-refractivity contribution in [1.82, 2.24) is 5.32 Å². The second-order valence-electron chi connectivity index (χ2n) is 4.59. The van der Waals surface area contributed by atoms with Gasteiger partial charge in [-0.1, -0.05) is 20.8 Å². The van der Waals surface area contributed by atoms with Crippen LogP contribution in [-0.2, 0) is 4.74 Å². The van der Waals surface area contributed by atoms with E-state index in [0.717, 1.165) is 25.6 Å². The van der Waals surface area contributed by atoms with Crippen molar-refractivity contribution in [2.24, 2.45) is 11.8 Å². The summed E-state index contributed by atoms with van der Waals surface area (Å²) < 4.78 is 5.83. The number of ether oxygens (including phenoxy) is 1. The summed E-state index contributed by atoms with van der Waals surface area (Å²) in [7, 11) is 0. The van der Waals surface area contributed by atoms with Crippen molar-refractivity contribution in [3.8, 4) is 0 Å². The van der Waals surface area contributed by atoms with Crippen LogP contribution in [0.15, 0.2) is 0 Å². The zero-order chi connectivity index (χ0) is 9.19. The van der Waals surface area contributed by atoms with Gasteiger partial charge in [0.15, 0.2) is 0 Å². The number of hydrogen-bond acceptors (Lipinski definition) is 2. The average Bonchev–Trinajstić information content (AvgIpc) is 1.96. The molecule has 2 nitrogen and oxygen atoms in total. The molecule has 1 aliphatic heterocycles. The molecule has 1 heterocycles. The van der Waals surface area contributed by atoms with Crippen LogP contribution in [0.25, 0.3) is 0 Å². The van der Waals surface area contributed by atoms with Crippen LogP contribution in [0.3, 0.4) is 0 Å². The van der Waals surface area contributed by atoms with Crippen molar-refractivity contribution < 1.29 is 4.74 Å². The van der Waals surface area contributed by atoms with Gasteiger partial charge in [-0.25, -0.2) is 0 Å². The highest BCUT2D eigenvalue weighted by molar-refractivity contribution is 4.90. The van der Waals surface area contributed by atoms with E-state index in [0.29, 0.717) is 5.92 Å². The molecule has 2 heteroatoms. The monoisotopic (exact) mass is 171 g/mol. The second kappa shape index (κ2) is 3.75. The van der Waals surface area contributed by atoms with Crippen LogP contribution < -0.4 is 5.32 Å². The smallest absolute Gasteiger partial charge is 0.0901 e. The molecule has 0 bridgehead atoms. The maximum absolute atomic E-state index is 5.83. The van der Waals surface area contributed by atoms with Crippen LogP contribution >= 0.6 is 0 Å². The third-order valence-electron chi connectivity index (χ3n) is 2.83. The van der Waals surface area contributed by atoms with Gasteiger partial charge in [-0.2, -0.15) is 0 Å². The fraction of sp³-hybridized carbons (Fsp3) is 1.00. The molecule has 1 saturated heterocycles. The van der Waals surface area contributed by atoms with E-state index in [9.17, 15) is 0 Å². The fourth-order valence-corrected chi connectivity index (χ4v) is 1.10. The van der Waals surface area contributed by atoms with Crippen molar-refractivity contribution in [3.63, 3.8) is 0 Å². The van der Waals surface area contributed by atoms with E-state index in [1.54, 1.807) is 0 Å². The molecule has 1 N–H and O–H groups in total. The molecule has 0 radical (unpaired) electrons. The SMILES string of the molecule is CC(C)C(C)COC1(C)CNC1. The molecule has 0 aromatic rings. The summed E-state index contributed by atoms with van der Waals surface area (Å²) in [6.07, 6.45) is 0. The molecule has 0 aliphatic carbocycles. The van der Waals surface area contributed by atoms with E-state index < -0.39 is 0 Å². The van der Waals surface area contributed by atoms with Gasteiger partial charge >= 0.3 is 0 Å². The summed E-state index contributed by atoms with van der Waals surface area (Å²) in [5.41, 5.74) is 0.128. The van der Waals surface area contributed by atoms with E-state index in [1.807, 2.05) is 0 Å². The Kier molecular flexibility index (Phi) is 3.13. The highest BCUT2D eigenvalue weighted by Crippen LogP contribution is 2.19. The van der Waals surface area contributed by atoms with E-state index in [-0.39, 0.29) is 5.60 Å². The Morgan fingerprint density at radius 3 is 2.25 bits per heavy atom. The summed E-state index contributed by atoms with van der Waals surface area (Å²) in [5.74, 6) is 1.39. The van der Waals surface area contributed by atoms with Crippen molar-refractivity contribution in [3.05, 3.63) is 0 Å². The molecule has 0 aromatic heterocycles.